The lowest BCUT2D eigenvalue weighted by Gasteiger charge is -2.32. The molecule has 0 unspecified atom stereocenters. The first-order valence-corrected chi connectivity index (χ1v) is 13.7. The van der Waals surface area contributed by atoms with Gasteiger partial charge >= 0.3 is 0 Å². The summed E-state index contributed by atoms with van der Waals surface area (Å²) in [4.78, 5) is 27.7. The van der Waals surface area contributed by atoms with Crippen LogP contribution in [0, 0.1) is 5.82 Å². The van der Waals surface area contributed by atoms with Crippen molar-refractivity contribution in [2.24, 2.45) is 0 Å². The topological polar surface area (TPSA) is 86.8 Å². The van der Waals surface area contributed by atoms with Crippen LogP contribution in [0.5, 0.6) is 0 Å². The SMILES string of the molecule is CCCCNC(=O)[C@@H](C)N(Cc1ccccc1F)C(=O)CN(c1cccc2ccccc12)S(C)(=O)=O. The Morgan fingerprint density at radius 3 is 2.36 bits per heavy atom. The Morgan fingerprint density at radius 2 is 1.67 bits per heavy atom. The van der Waals surface area contributed by atoms with Gasteiger partial charge in [0.15, 0.2) is 0 Å². The van der Waals surface area contributed by atoms with E-state index in [4.69, 9.17) is 0 Å². The van der Waals surface area contributed by atoms with E-state index in [1.165, 1.54) is 23.1 Å². The third-order valence-electron chi connectivity index (χ3n) is 6.01. The second-order valence-electron chi connectivity index (χ2n) is 8.70. The molecule has 0 bridgehead atoms. The summed E-state index contributed by atoms with van der Waals surface area (Å²) < 4.78 is 41.2. The average molecular weight is 514 g/mol. The Labute approximate surface area is 212 Å². The Morgan fingerprint density at radius 1 is 1.00 bits per heavy atom. The van der Waals surface area contributed by atoms with Crippen LogP contribution < -0.4 is 9.62 Å². The minimum absolute atomic E-state index is 0.180. The summed E-state index contributed by atoms with van der Waals surface area (Å²) in [7, 11) is -3.87. The first-order valence-electron chi connectivity index (χ1n) is 11.9. The molecule has 0 aliphatic heterocycles. The summed E-state index contributed by atoms with van der Waals surface area (Å²) in [5.74, 6) is -1.51. The van der Waals surface area contributed by atoms with Gasteiger partial charge in [-0.25, -0.2) is 12.8 Å². The van der Waals surface area contributed by atoms with Gasteiger partial charge in [-0.3, -0.25) is 13.9 Å². The molecule has 3 aromatic carbocycles. The Balaban J connectivity index is 1.97. The van der Waals surface area contributed by atoms with E-state index >= 15 is 0 Å². The van der Waals surface area contributed by atoms with E-state index in [0.717, 1.165) is 28.8 Å². The number of amides is 2. The molecule has 0 radical (unpaired) electrons. The number of nitrogens with one attached hydrogen (secondary N) is 1. The molecule has 192 valence electrons. The number of unbranched alkanes of at least 4 members (excludes halogenated alkanes) is 1. The van der Waals surface area contributed by atoms with Gasteiger partial charge in [0.05, 0.1) is 11.9 Å². The van der Waals surface area contributed by atoms with E-state index in [9.17, 15) is 22.4 Å². The fraction of sp³-hybridized carbons (Fsp3) is 0.333. The van der Waals surface area contributed by atoms with Crippen LogP contribution >= 0.6 is 0 Å². The lowest BCUT2D eigenvalue weighted by Crippen LogP contribution is -2.51. The Hall–Kier alpha value is -3.46. The van der Waals surface area contributed by atoms with Crippen molar-refractivity contribution in [2.45, 2.75) is 39.3 Å². The maximum Gasteiger partial charge on any atom is 0.244 e. The van der Waals surface area contributed by atoms with Gasteiger partial charge in [0.2, 0.25) is 21.8 Å². The highest BCUT2D eigenvalue weighted by molar-refractivity contribution is 7.92. The van der Waals surface area contributed by atoms with E-state index < -0.39 is 34.3 Å². The Kier molecular flexibility index (Phi) is 9.03. The second kappa shape index (κ2) is 12.0. The molecule has 3 aromatic rings. The lowest BCUT2D eigenvalue weighted by atomic mass is 10.1. The molecule has 0 aromatic heterocycles. The fourth-order valence-corrected chi connectivity index (χ4v) is 4.81. The van der Waals surface area contributed by atoms with Crippen LogP contribution in [-0.2, 0) is 26.2 Å². The van der Waals surface area contributed by atoms with Gasteiger partial charge < -0.3 is 10.2 Å². The summed E-state index contributed by atoms with van der Waals surface area (Å²) >= 11 is 0. The molecule has 2 amide bonds. The highest BCUT2D eigenvalue weighted by atomic mass is 32.2. The van der Waals surface area contributed by atoms with Crippen LogP contribution in [0.4, 0.5) is 10.1 Å². The quantitative estimate of drug-likeness (QED) is 0.392. The monoisotopic (exact) mass is 513 g/mol. The molecule has 0 aliphatic carbocycles. The van der Waals surface area contributed by atoms with Crippen LogP contribution in [0.2, 0.25) is 0 Å². The lowest BCUT2D eigenvalue weighted by molar-refractivity contribution is -0.139. The predicted molar refractivity (Wildman–Crippen MR) is 140 cm³/mol. The van der Waals surface area contributed by atoms with Crippen molar-refractivity contribution in [3.05, 3.63) is 78.1 Å². The van der Waals surface area contributed by atoms with Crippen LogP contribution in [-0.4, -0.2) is 50.5 Å². The number of fused-ring (bicyclic) bond motifs is 1. The van der Waals surface area contributed by atoms with E-state index in [2.05, 4.69) is 5.32 Å². The highest BCUT2D eigenvalue weighted by Crippen LogP contribution is 2.28. The second-order valence-corrected chi connectivity index (χ2v) is 10.6. The molecule has 0 aliphatic rings. The van der Waals surface area contributed by atoms with Crippen molar-refractivity contribution in [2.75, 3.05) is 23.7 Å². The molecule has 1 atom stereocenters. The predicted octanol–water partition coefficient (Wildman–Crippen LogP) is 4.08. The first-order chi connectivity index (χ1) is 17.1. The maximum absolute atomic E-state index is 14.5. The van der Waals surface area contributed by atoms with Crippen LogP contribution in [0.3, 0.4) is 0 Å². The third kappa shape index (κ3) is 6.60. The molecule has 0 spiro atoms. The van der Waals surface area contributed by atoms with Gasteiger partial charge in [0.1, 0.15) is 18.4 Å². The average Bonchev–Trinajstić information content (AvgIpc) is 2.85. The molecule has 7 nitrogen and oxygen atoms in total. The number of halogens is 1. The maximum atomic E-state index is 14.5. The summed E-state index contributed by atoms with van der Waals surface area (Å²) in [5.41, 5.74) is 0.588. The minimum Gasteiger partial charge on any atom is -0.354 e. The zero-order valence-electron chi connectivity index (χ0n) is 20.8. The number of rotatable bonds is 11. The number of carbonyl (C=O) groups is 2. The van der Waals surface area contributed by atoms with Gasteiger partial charge in [-0.2, -0.15) is 0 Å². The zero-order valence-corrected chi connectivity index (χ0v) is 21.6. The molecule has 0 fully saturated rings. The van der Waals surface area contributed by atoms with Gasteiger partial charge in [-0.15, -0.1) is 0 Å². The van der Waals surface area contributed by atoms with Crippen molar-refractivity contribution in [1.82, 2.24) is 10.2 Å². The van der Waals surface area contributed by atoms with Gasteiger partial charge in [-0.05, 0) is 30.9 Å². The van der Waals surface area contributed by atoms with Gasteiger partial charge in [0.25, 0.3) is 0 Å². The van der Waals surface area contributed by atoms with Crippen molar-refractivity contribution < 1.29 is 22.4 Å². The number of benzene rings is 3. The summed E-state index contributed by atoms with van der Waals surface area (Å²) in [6.07, 6.45) is 2.70. The molecule has 9 heteroatoms. The molecular formula is C27H32FN3O4S. The summed E-state index contributed by atoms with van der Waals surface area (Å²) in [6, 6.07) is 17.6. The van der Waals surface area contributed by atoms with Gasteiger partial charge in [-0.1, -0.05) is 67.9 Å². The number of sulfonamides is 1. The smallest absolute Gasteiger partial charge is 0.244 e. The molecule has 0 saturated heterocycles. The van der Waals surface area contributed by atoms with E-state index in [1.54, 1.807) is 37.3 Å². The molecule has 1 N–H and O–H groups in total. The third-order valence-corrected chi connectivity index (χ3v) is 7.14. The fourth-order valence-electron chi connectivity index (χ4n) is 3.95. The minimum atomic E-state index is -3.87. The number of hydrogen-bond donors (Lipinski definition) is 1. The normalized spacial score (nSPS) is 12.2. The van der Waals surface area contributed by atoms with E-state index in [-0.39, 0.29) is 18.0 Å². The van der Waals surface area contributed by atoms with Crippen LogP contribution in [0.25, 0.3) is 10.8 Å². The Bertz CT molecular complexity index is 1320. The van der Waals surface area contributed by atoms with E-state index in [1.807, 2.05) is 25.1 Å². The number of carbonyl (C=O) groups excluding carboxylic acids is 2. The van der Waals surface area contributed by atoms with E-state index in [0.29, 0.717) is 17.6 Å². The van der Waals surface area contributed by atoms with Gasteiger partial charge in [0, 0.05) is 24.0 Å². The largest absolute Gasteiger partial charge is 0.354 e. The molecule has 36 heavy (non-hydrogen) atoms. The molecule has 3 rings (SSSR count). The van der Waals surface area contributed by atoms with Crippen LogP contribution in [0.1, 0.15) is 32.3 Å². The first kappa shape index (κ1) is 27.1. The van der Waals surface area contributed by atoms with Crippen molar-refractivity contribution >= 4 is 38.3 Å². The van der Waals surface area contributed by atoms with Crippen molar-refractivity contribution in [1.29, 1.82) is 0 Å². The number of anilines is 1. The summed E-state index contributed by atoms with van der Waals surface area (Å²) in [6.45, 7) is 3.29. The van der Waals surface area contributed by atoms with Crippen molar-refractivity contribution in [3.8, 4) is 0 Å². The van der Waals surface area contributed by atoms with Crippen LogP contribution in [0.15, 0.2) is 66.7 Å². The zero-order chi connectivity index (χ0) is 26.3. The molecular weight excluding hydrogens is 481 g/mol. The molecule has 0 saturated carbocycles. The highest BCUT2D eigenvalue weighted by Gasteiger charge is 2.31. The summed E-state index contributed by atoms with van der Waals surface area (Å²) in [5, 5.41) is 4.29. The standard InChI is InChI=1S/C27H32FN3O4S/c1-4-5-17-29-27(33)20(2)30(18-22-12-7-9-15-24(22)28)26(32)19-31(36(3,34)35)25-16-10-13-21-11-6-8-14-23(21)25/h6-16,20H,4-5,17-19H2,1-3H3,(H,29,33)/t20-/m1/s1. The molecule has 0 heterocycles. The number of hydrogen-bond acceptors (Lipinski definition) is 4. The van der Waals surface area contributed by atoms with Crippen molar-refractivity contribution in [3.63, 3.8) is 0 Å². The number of nitrogens with zero attached hydrogens (tertiary/aromatic N) is 2.